The number of rotatable bonds is 9. The van der Waals surface area contributed by atoms with E-state index in [2.05, 4.69) is 44.9 Å². The van der Waals surface area contributed by atoms with Gasteiger partial charge in [0, 0.05) is 13.1 Å². The third kappa shape index (κ3) is 5.20. The van der Waals surface area contributed by atoms with Gasteiger partial charge in [0.2, 0.25) is 5.95 Å². The fourth-order valence-corrected chi connectivity index (χ4v) is 1.97. The summed E-state index contributed by atoms with van der Waals surface area (Å²) in [5.74, 6) is 2.18. The van der Waals surface area contributed by atoms with E-state index in [1.165, 1.54) is 5.56 Å². The molecule has 0 fully saturated rings. The molecular formula is C16H23N5O. The minimum atomic E-state index is 0.551. The molecule has 6 nitrogen and oxygen atoms in total. The van der Waals surface area contributed by atoms with E-state index in [9.17, 15) is 0 Å². The van der Waals surface area contributed by atoms with Crippen molar-refractivity contribution in [2.75, 3.05) is 30.8 Å². The Morgan fingerprint density at radius 3 is 2.64 bits per heavy atom. The van der Waals surface area contributed by atoms with Crippen LogP contribution in [0.25, 0.3) is 0 Å². The maximum Gasteiger partial charge on any atom is 0.244 e. The molecule has 1 heterocycles. The number of unbranched alkanes of at least 4 members (excludes halogenated alkanes) is 1. The number of ether oxygens (including phenoxy) is 1. The Morgan fingerprint density at radius 2 is 1.91 bits per heavy atom. The molecule has 0 saturated carbocycles. The lowest BCUT2D eigenvalue weighted by Crippen LogP contribution is -2.11. The average Bonchev–Trinajstić information content (AvgIpc) is 2.56. The first-order chi connectivity index (χ1) is 10.8. The second-order valence-corrected chi connectivity index (χ2v) is 4.97. The normalized spacial score (nSPS) is 10.3. The molecule has 1 aromatic carbocycles. The monoisotopic (exact) mass is 301 g/mol. The van der Waals surface area contributed by atoms with Crippen LogP contribution in [-0.2, 0) is 6.42 Å². The van der Waals surface area contributed by atoms with Gasteiger partial charge in [0.25, 0.3) is 0 Å². The van der Waals surface area contributed by atoms with Crippen molar-refractivity contribution in [2.45, 2.75) is 26.2 Å². The number of aromatic nitrogens is 3. The first-order valence-corrected chi connectivity index (χ1v) is 7.62. The van der Waals surface area contributed by atoms with Crippen molar-refractivity contribution < 1.29 is 4.74 Å². The smallest absolute Gasteiger partial charge is 0.244 e. The Hall–Kier alpha value is -2.37. The van der Waals surface area contributed by atoms with Crippen LogP contribution in [0.3, 0.4) is 0 Å². The second-order valence-electron chi connectivity index (χ2n) is 4.97. The van der Waals surface area contributed by atoms with Gasteiger partial charge >= 0.3 is 0 Å². The van der Waals surface area contributed by atoms with Gasteiger partial charge in [0.15, 0.2) is 0 Å². The van der Waals surface area contributed by atoms with Crippen LogP contribution in [0.2, 0.25) is 0 Å². The second kappa shape index (κ2) is 8.81. The first kappa shape index (κ1) is 16.0. The molecule has 2 rings (SSSR count). The van der Waals surface area contributed by atoms with Crippen molar-refractivity contribution in [2.24, 2.45) is 0 Å². The molecule has 118 valence electrons. The standard InChI is InChI=1S/C16H23N5O/c1-3-4-10-17-15-12-19-21-16(20-15)18-11-9-13-5-7-14(22-2)8-6-13/h5-8,12H,3-4,9-11H2,1-2H3,(H2,17,18,20,21). The van der Waals surface area contributed by atoms with E-state index >= 15 is 0 Å². The molecule has 0 spiro atoms. The van der Waals surface area contributed by atoms with Crippen molar-refractivity contribution in [3.8, 4) is 5.75 Å². The highest BCUT2D eigenvalue weighted by Crippen LogP contribution is 2.12. The molecular weight excluding hydrogens is 278 g/mol. The third-order valence-electron chi connectivity index (χ3n) is 3.25. The van der Waals surface area contributed by atoms with Crippen molar-refractivity contribution in [3.63, 3.8) is 0 Å². The molecule has 0 amide bonds. The minimum absolute atomic E-state index is 0.551. The van der Waals surface area contributed by atoms with Crippen LogP contribution in [-0.4, -0.2) is 35.4 Å². The van der Waals surface area contributed by atoms with Gasteiger partial charge in [0.05, 0.1) is 13.3 Å². The number of hydrogen-bond acceptors (Lipinski definition) is 6. The summed E-state index contributed by atoms with van der Waals surface area (Å²) >= 11 is 0. The van der Waals surface area contributed by atoms with Crippen LogP contribution >= 0.6 is 0 Å². The first-order valence-electron chi connectivity index (χ1n) is 7.62. The van der Waals surface area contributed by atoms with E-state index in [-0.39, 0.29) is 0 Å². The van der Waals surface area contributed by atoms with E-state index in [1.807, 2.05) is 12.1 Å². The van der Waals surface area contributed by atoms with Crippen LogP contribution in [0.5, 0.6) is 5.75 Å². The fraction of sp³-hybridized carbons (Fsp3) is 0.438. The lowest BCUT2D eigenvalue weighted by Gasteiger charge is -2.07. The predicted octanol–water partition coefficient (Wildman–Crippen LogP) is 2.75. The Labute approximate surface area is 131 Å². The summed E-state index contributed by atoms with van der Waals surface area (Å²) in [7, 11) is 1.67. The molecule has 0 bridgehead atoms. The highest BCUT2D eigenvalue weighted by Gasteiger charge is 2.00. The Morgan fingerprint density at radius 1 is 1.09 bits per heavy atom. The van der Waals surface area contributed by atoms with Crippen LogP contribution in [0.4, 0.5) is 11.8 Å². The lowest BCUT2D eigenvalue weighted by molar-refractivity contribution is 0.414. The molecule has 0 aliphatic carbocycles. The van der Waals surface area contributed by atoms with Gasteiger partial charge in [-0.1, -0.05) is 25.5 Å². The van der Waals surface area contributed by atoms with Crippen LogP contribution in [0.1, 0.15) is 25.3 Å². The zero-order valence-corrected chi connectivity index (χ0v) is 13.2. The number of benzene rings is 1. The molecule has 0 aliphatic rings. The van der Waals surface area contributed by atoms with E-state index in [0.29, 0.717) is 5.95 Å². The maximum atomic E-state index is 5.15. The topological polar surface area (TPSA) is 72.0 Å². The van der Waals surface area contributed by atoms with Gasteiger partial charge in [-0.25, -0.2) is 0 Å². The van der Waals surface area contributed by atoms with Crippen molar-refractivity contribution in [1.29, 1.82) is 0 Å². The zero-order chi connectivity index (χ0) is 15.6. The maximum absolute atomic E-state index is 5.15. The molecule has 22 heavy (non-hydrogen) atoms. The van der Waals surface area contributed by atoms with Crippen molar-refractivity contribution >= 4 is 11.8 Å². The molecule has 6 heteroatoms. The predicted molar refractivity (Wildman–Crippen MR) is 88.4 cm³/mol. The molecule has 2 aromatic rings. The van der Waals surface area contributed by atoms with E-state index in [0.717, 1.165) is 43.9 Å². The summed E-state index contributed by atoms with van der Waals surface area (Å²) < 4.78 is 5.15. The highest BCUT2D eigenvalue weighted by molar-refractivity contribution is 5.37. The zero-order valence-electron chi connectivity index (χ0n) is 13.2. The summed E-state index contributed by atoms with van der Waals surface area (Å²) in [6.07, 6.45) is 4.80. The Balaban J connectivity index is 1.79. The van der Waals surface area contributed by atoms with Gasteiger partial charge < -0.3 is 15.4 Å². The Kier molecular flexibility index (Phi) is 6.41. The minimum Gasteiger partial charge on any atom is -0.497 e. The summed E-state index contributed by atoms with van der Waals surface area (Å²) in [6.45, 7) is 3.82. The van der Waals surface area contributed by atoms with Crippen molar-refractivity contribution in [3.05, 3.63) is 36.0 Å². The average molecular weight is 301 g/mol. The fourth-order valence-electron chi connectivity index (χ4n) is 1.97. The van der Waals surface area contributed by atoms with Crippen molar-refractivity contribution in [1.82, 2.24) is 15.2 Å². The molecule has 0 unspecified atom stereocenters. The summed E-state index contributed by atoms with van der Waals surface area (Å²) in [5.41, 5.74) is 1.23. The molecule has 0 aliphatic heterocycles. The van der Waals surface area contributed by atoms with E-state index in [1.54, 1.807) is 13.3 Å². The van der Waals surface area contributed by atoms with Gasteiger partial charge in [-0.05, 0) is 30.5 Å². The molecule has 0 saturated heterocycles. The van der Waals surface area contributed by atoms with Crippen LogP contribution in [0.15, 0.2) is 30.5 Å². The largest absolute Gasteiger partial charge is 0.497 e. The number of nitrogens with one attached hydrogen (secondary N) is 2. The van der Waals surface area contributed by atoms with Gasteiger partial charge in [0.1, 0.15) is 11.6 Å². The van der Waals surface area contributed by atoms with Gasteiger partial charge in [-0.3, -0.25) is 0 Å². The molecule has 1 aromatic heterocycles. The van der Waals surface area contributed by atoms with E-state index in [4.69, 9.17) is 4.74 Å². The summed E-state index contributed by atoms with van der Waals surface area (Å²) in [4.78, 5) is 4.39. The Bertz CT molecular complexity index is 559. The number of methoxy groups -OCH3 is 1. The van der Waals surface area contributed by atoms with Gasteiger partial charge in [-0.15, -0.1) is 5.10 Å². The number of nitrogens with zero attached hydrogens (tertiary/aromatic N) is 3. The number of anilines is 2. The third-order valence-corrected chi connectivity index (χ3v) is 3.25. The SMILES string of the molecule is CCCCNc1cnnc(NCCc2ccc(OC)cc2)n1. The van der Waals surface area contributed by atoms with Crippen LogP contribution in [0, 0.1) is 0 Å². The highest BCUT2D eigenvalue weighted by atomic mass is 16.5. The van der Waals surface area contributed by atoms with E-state index < -0.39 is 0 Å². The lowest BCUT2D eigenvalue weighted by atomic mass is 10.1. The molecule has 2 N–H and O–H groups in total. The molecule has 0 atom stereocenters. The van der Waals surface area contributed by atoms with Gasteiger partial charge in [-0.2, -0.15) is 10.1 Å². The summed E-state index contributed by atoms with van der Waals surface area (Å²) in [6, 6.07) is 8.04. The molecule has 0 radical (unpaired) electrons. The van der Waals surface area contributed by atoms with Crippen LogP contribution < -0.4 is 15.4 Å². The number of hydrogen-bond donors (Lipinski definition) is 2. The quantitative estimate of drug-likeness (QED) is 0.694. The summed E-state index contributed by atoms with van der Waals surface area (Å²) in [5, 5.41) is 14.4.